The number of likely N-dealkylation sites (tertiary alicyclic amines) is 1. The highest BCUT2D eigenvalue weighted by molar-refractivity contribution is 6.32. The molecule has 1 saturated heterocycles. The molecule has 0 spiro atoms. The van der Waals surface area contributed by atoms with Crippen molar-refractivity contribution in [2.75, 3.05) is 13.1 Å². The molecule has 2 aliphatic rings. The summed E-state index contributed by atoms with van der Waals surface area (Å²) in [6.07, 6.45) is 3.14. The van der Waals surface area contributed by atoms with Crippen molar-refractivity contribution in [1.82, 2.24) is 4.90 Å². The maximum atomic E-state index is 9.50. The van der Waals surface area contributed by atoms with Gasteiger partial charge >= 0.3 is 0 Å². The summed E-state index contributed by atoms with van der Waals surface area (Å²) in [6, 6.07) is 17.1. The van der Waals surface area contributed by atoms with Gasteiger partial charge in [-0.1, -0.05) is 35.8 Å². The van der Waals surface area contributed by atoms with Crippen LogP contribution in [0.25, 0.3) is 0 Å². The summed E-state index contributed by atoms with van der Waals surface area (Å²) in [5.41, 5.74) is 10.5. The summed E-state index contributed by atoms with van der Waals surface area (Å²) < 4.78 is 6.47. The summed E-state index contributed by atoms with van der Waals surface area (Å²) in [4.78, 5) is 2.49. The highest BCUT2D eigenvalue weighted by Gasteiger charge is 2.39. The molecule has 0 aromatic heterocycles. The Morgan fingerprint density at radius 1 is 1.23 bits per heavy atom. The minimum atomic E-state index is -0.0636. The minimum absolute atomic E-state index is 0.0636. The molecule has 5 heteroatoms. The summed E-state index contributed by atoms with van der Waals surface area (Å²) in [6.45, 7) is 1.97. The molecule has 3 atom stereocenters. The van der Waals surface area contributed by atoms with Crippen LogP contribution in [-0.4, -0.2) is 37.9 Å². The van der Waals surface area contributed by atoms with Gasteiger partial charge in [0.1, 0.15) is 25.8 Å². The number of hydrogen-bond donors (Lipinski definition) is 1. The second-order valence-corrected chi connectivity index (χ2v) is 7.52. The van der Waals surface area contributed by atoms with Crippen LogP contribution in [0.4, 0.5) is 0 Å². The Morgan fingerprint density at radius 2 is 2.08 bits per heavy atom. The summed E-state index contributed by atoms with van der Waals surface area (Å²) in [5.74, 6) is 0.672. The predicted molar refractivity (Wildman–Crippen MR) is 105 cm³/mol. The van der Waals surface area contributed by atoms with Crippen molar-refractivity contribution < 1.29 is 4.74 Å². The molecule has 0 saturated carbocycles. The van der Waals surface area contributed by atoms with Gasteiger partial charge in [-0.15, -0.1) is 0 Å². The van der Waals surface area contributed by atoms with Crippen molar-refractivity contribution >= 4 is 13.3 Å². The maximum absolute atomic E-state index is 9.50. The number of ether oxygens (including phenoxy) is 1. The zero-order valence-corrected chi connectivity index (χ0v) is 15.2. The smallest absolute Gasteiger partial charge is 0.140 e. The molecule has 1 aliphatic heterocycles. The molecular weight excluding hydrogens is 321 g/mol. The van der Waals surface area contributed by atoms with Crippen LogP contribution < -0.4 is 15.9 Å². The second kappa shape index (κ2) is 7.15. The molecule has 0 unspecified atom stereocenters. The average molecular weight is 345 g/mol. The van der Waals surface area contributed by atoms with Crippen LogP contribution in [0.15, 0.2) is 42.5 Å². The number of piperidine rings is 1. The maximum Gasteiger partial charge on any atom is 0.140 e. The fourth-order valence-electron chi connectivity index (χ4n) is 4.31. The highest BCUT2D eigenvalue weighted by Crippen LogP contribution is 2.39. The fourth-order valence-corrected chi connectivity index (χ4v) is 4.31. The van der Waals surface area contributed by atoms with E-state index in [1.54, 1.807) is 0 Å². The Kier molecular flexibility index (Phi) is 4.71. The van der Waals surface area contributed by atoms with E-state index in [1.807, 2.05) is 26.0 Å². The third kappa shape index (κ3) is 3.23. The summed E-state index contributed by atoms with van der Waals surface area (Å²) >= 11 is 0. The van der Waals surface area contributed by atoms with Gasteiger partial charge in [-0.05, 0) is 49.1 Å². The van der Waals surface area contributed by atoms with E-state index in [1.165, 1.54) is 11.1 Å². The van der Waals surface area contributed by atoms with Gasteiger partial charge in [0.2, 0.25) is 0 Å². The standard InChI is InChI=1S/C21H24BN3O/c22-16-7-8-20(15(10-16)12-23)26-21-18-6-2-1-4-14(18)11-19(21)25-9-3-5-17(24)13-25/h1-2,4,6-8,10,17,19,21H,3,5,9,11,13,22,24H2/t17-,19+,21+/m0/s1. The van der Waals surface area contributed by atoms with Crippen molar-refractivity contribution in [3.8, 4) is 11.8 Å². The van der Waals surface area contributed by atoms with Crippen LogP contribution in [0.5, 0.6) is 5.75 Å². The average Bonchev–Trinajstić information content (AvgIpc) is 3.02. The monoisotopic (exact) mass is 345 g/mol. The molecule has 1 aliphatic carbocycles. The Morgan fingerprint density at radius 3 is 2.88 bits per heavy atom. The number of rotatable bonds is 3. The van der Waals surface area contributed by atoms with E-state index in [0.717, 1.165) is 37.8 Å². The Hall–Kier alpha value is -2.29. The number of hydrogen-bond acceptors (Lipinski definition) is 4. The van der Waals surface area contributed by atoms with Crippen molar-refractivity contribution in [3.63, 3.8) is 0 Å². The quantitative estimate of drug-likeness (QED) is 0.852. The molecule has 1 heterocycles. The van der Waals surface area contributed by atoms with Crippen LogP contribution in [0.2, 0.25) is 0 Å². The van der Waals surface area contributed by atoms with E-state index < -0.39 is 0 Å². The topological polar surface area (TPSA) is 62.3 Å². The molecule has 26 heavy (non-hydrogen) atoms. The largest absolute Gasteiger partial charge is 0.483 e. The number of fused-ring (bicyclic) bond motifs is 1. The Bertz CT molecular complexity index is 847. The van der Waals surface area contributed by atoms with Crippen molar-refractivity contribution in [2.45, 2.75) is 37.5 Å². The molecule has 2 aromatic rings. The van der Waals surface area contributed by atoms with Crippen LogP contribution in [-0.2, 0) is 6.42 Å². The van der Waals surface area contributed by atoms with E-state index in [2.05, 4.69) is 35.2 Å². The van der Waals surface area contributed by atoms with Crippen molar-refractivity contribution in [1.29, 1.82) is 5.26 Å². The lowest BCUT2D eigenvalue weighted by atomic mass is 9.94. The van der Waals surface area contributed by atoms with Gasteiger partial charge in [0.25, 0.3) is 0 Å². The fraction of sp³-hybridized carbons (Fsp3) is 0.381. The highest BCUT2D eigenvalue weighted by atomic mass is 16.5. The first-order valence-corrected chi connectivity index (χ1v) is 9.40. The summed E-state index contributed by atoms with van der Waals surface area (Å²) in [7, 11) is 1.99. The number of nitrogens with two attached hydrogens (primary N) is 1. The Balaban J connectivity index is 1.67. The van der Waals surface area contributed by atoms with E-state index in [-0.39, 0.29) is 18.2 Å². The number of nitrogens with zero attached hydrogens (tertiary/aromatic N) is 2. The van der Waals surface area contributed by atoms with Crippen molar-refractivity contribution in [2.24, 2.45) is 5.73 Å². The third-order valence-electron chi connectivity index (χ3n) is 5.61. The van der Waals surface area contributed by atoms with Crippen molar-refractivity contribution in [3.05, 3.63) is 59.2 Å². The van der Waals surface area contributed by atoms with Gasteiger partial charge < -0.3 is 10.5 Å². The lowest BCUT2D eigenvalue weighted by Gasteiger charge is -2.38. The molecule has 2 N–H and O–H groups in total. The molecule has 4 nitrogen and oxygen atoms in total. The minimum Gasteiger partial charge on any atom is -0.483 e. The van der Waals surface area contributed by atoms with Crippen LogP contribution >= 0.6 is 0 Å². The first-order chi connectivity index (χ1) is 12.7. The van der Waals surface area contributed by atoms with E-state index in [0.29, 0.717) is 11.3 Å². The molecule has 1 fully saturated rings. The van der Waals surface area contributed by atoms with Gasteiger partial charge in [0.15, 0.2) is 0 Å². The lowest BCUT2D eigenvalue weighted by molar-refractivity contribution is 0.0592. The molecule has 2 aromatic carbocycles. The molecule has 132 valence electrons. The first kappa shape index (κ1) is 17.1. The predicted octanol–water partition coefficient (Wildman–Crippen LogP) is 1.28. The molecule has 0 bridgehead atoms. The third-order valence-corrected chi connectivity index (χ3v) is 5.61. The van der Waals surface area contributed by atoms with Crippen LogP contribution in [0, 0.1) is 11.3 Å². The second-order valence-electron chi connectivity index (χ2n) is 7.52. The first-order valence-electron chi connectivity index (χ1n) is 9.40. The van der Waals surface area contributed by atoms with Gasteiger partial charge in [0, 0.05) is 12.6 Å². The molecule has 4 rings (SSSR count). The zero-order valence-electron chi connectivity index (χ0n) is 15.2. The zero-order chi connectivity index (χ0) is 18.1. The van der Waals surface area contributed by atoms with Gasteiger partial charge in [0.05, 0.1) is 11.6 Å². The number of nitriles is 1. The summed E-state index contributed by atoms with van der Waals surface area (Å²) in [5, 5.41) is 9.50. The van der Waals surface area contributed by atoms with Gasteiger partial charge in [-0.25, -0.2) is 0 Å². The normalized spacial score (nSPS) is 25.5. The Labute approximate surface area is 156 Å². The van der Waals surface area contributed by atoms with Crippen LogP contribution in [0.1, 0.15) is 35.6 Å². The number of benzene rings is 2. The van der Waals surface area contributed by atoms with E-state index in [4.69, 9.17) is 10.5 Å². The van der Waals surface area contributed by atoms with Crippen LogP contribution in [0.3, 0.4) is 0 Å². The van der Waals surface area contributed by atoms with E-state index >= 15 is 0 Å². The molecular formula is C21H24BN3O. The lowest BCUT2D eigenvalue weighted by Crippen LogP contribution is -2.49. The van der Waals surface area contributed by atoms with Gasteiger partial charge in [-0.3, -0.25) is 4.90 Å². The molecule has 0 amide bonds. The SMILES string of the molecule is Bc1ccc(O[C@@H]2c3ccccc3C[C@H]2N2CCC[C@H](N)C2)c(C#N)c1. The van der Waals surface area contributed by atoms with Gasteiger partial charge in [-0.2, -0.15) is 5.26 Å². The molecule has 0 radical (unpaired) electrons. The van der Waals surface area contributed by atoms with E-state index in [9.17, 15) is 5.26 Å².